The zero-order valence-electron chi connectivity index (χ0n) is 16.9. The van der Waals surface area contributed by atoms with E-state index in [0.29, 0.717) is 24.4 Å². The zero-order chi connectivity index (χ0) is 22.7. The minimum atomic E-state index is -3.70. The number of nitrogens with one attached hydrogen (secondary N) is 1. The molecule has 0 bridgehead atoms. The van der Waals surface area contributed by atoms with Crippen LogP contribution in [0.1, 0.15) is 11.3 Å². The number of esters is 1. The summed E-state index contributed by atoms with van der Waals surface area (Å²) in [6.45, 7) is 7.43. The number of ether oxygens (including phenoxy) is 1. The fraction of sp³-hybridized carbons (Fsp3) is 0.182. The van der Waals surface area contributed by atoms with E-state index in [1.54, 1.807) is 36.4 Å². The molecular weight excluding hydrogens is 420 g/mol. The lowest BCUT2D eigenvalue weighted by molar-refractivity contribution is -0.147. The summed E-state index contributed by atoms with van der Waals surface area (Å²) in [6, 6.07) is 9.27. The van der Waals surface area contributed by atoms with Gasteiger partial charge in [0.15, 0.2) is 6.61 Å². The molecule has 0 aliphatic rings. The molecule has 0 atom stereocenters. The SMILES string of the molecule is C=CCN(CC=C)C(=O)COC(=O)/C=C/c1ccc(S(=O)(=O)NCc2ccco2)cc1. The molecule has 0 aliphatic carbocycles. The van der Waals surface area contributed by atoms with Crippen LogP contribution in [0.25, 0.3) is 6.08 Å². The van der Waals surface area contributed by atoms with Crippen molar-refractivity contribution < 1.29 is 27.2 Å². The highest BCUT2D eigenvalue weighted by Gasteiger charge is 2.14. The van der Waals surface area contributed by atoms with Gasteiger partial charge in [0.05, 0.1) is 17.7 Å². The number of amides is 1. The second-order valence-electron chi connectivity index (χ2n) is 6.29. The highest BCUT2D eigenvalue weighted by atomic mass is 32.2. The van der Waals surface area contributed by atoms with E-state index in [0.717, 1.165) is 6.08 Å². The first-order valence-corrected chi connectivity index (χ1v) is 10.8. The van der Waals surface area contributed by atoms with Crippen molar-refractivity contribution >= 4 is 28.0 Å². The summed E-state index contributed by atoms with van der Waals surface area (Å²) in [4.78, 5) is 25.4. The molecule has 1 amide bonds. The largest absolute Gasteiger partial charge is 0.468 e. The number of furan rings is 1. The van der Waals surface area contributed by atoms with Crippen LogP contribution in [-0.2, 0) is 30.9 Å². The van der Waals surface area contributed by atoms with Crippen molar-refractivity contribution in [3.8, 4) is 0 Å². The summed E-state index contributed by atoms with van der Waals surface area (Å²) in [5, 5.41) is 0. The third-order valence-corrected chi connectivity index (χ3v) is 5.43. The van der Waals surface area contributed by atoms with Crippen LogP contribution in [0.3, 0.4) is 0 Å². The van der Waals surface area contributed by atoms with Crippen molar-refractivity contribution in [2.45, 2.75) is 11.4 Å². The third kappa shape index (κ3) is 7.72. The molecule has 0 radical (unpaired) electrons. The number of sulfonamides is 1. The van der Waals surface area contributed by atoms with Gasteiger partial charge in [0.2, 0.25) is 10.0 Å². The fourth-order valence-electron chi connectivity index (χ4n) is 2.45. The number of hydrogen-bond acceptors (Lipinski definition) is 6. The van der Waals surface area contributed by atoms with Crippen LogP contribution in [0.4, 0.5) is 0 Å². The summed E-state index contributed by atoms with van der Waals surface area (Å²) < 4.78 is 37.1. The van der Waals surface area contributed by atoms with Gasteiger partial charge in [-0.1, -0.05) is 24.3 Å². The Hall–Kier alpha value is -3.43. The van der Waals surface area contributed by atoms with Gasteiger partial charge in [-0.15, -0.1) is 13.2 Å². The molecule has 31 heavy (non-hydrogen) atoms. The molecule has 0 unspecified atom stereocenters. The summed E-state index contributed by atoms with van der Waals surface area (Å²) in [6.07, 6.45) is 7.23. The summed E-state index contributed by atoms with van der Waals surface area (Å²) in [7, 11) is -3.70. The number of rotatable bonds is 12. The Bertz CT molecular complexity index is 1010. The molecule has 2 rings (SSSR count). The van der Waals surface area contributed by atoms with E-state index < -0.39 is 22.6 Å². The van der Waals surface area contributed by atoms with Crippen molar-refractivity contribution in [1.29, 1.82) is 0 Å². The van der Waals surface area contributed by atoms with Crippen LogP contribution in [-0.4, -0.2) is 44.9 Å². The summed E-state index contributed by atoms with van der Waals surface area (Å²) >= 11 is 0. The third-order valence-electron chi connectivity index (χ3n) is 4.01. The van der Waals surface area contributed by atoms with E-state index in [9.17, 15) is 18.0 Å². The molecule has 1 aromatic heterocycles. The number of carbonyl (C=O) groups excluding carboxylic acids is 2. The Morgan fingerprint density at radius 2 is 1.77 bits per heavy atom. The Labute approximate surface area is 181 Å². The van der Waals surface area contributed by atoms with Crippen LogP contribution in [0, 0.1) is 0 Å². The number of benzene rings is 1. The van der Waals surface area contributed by atoms with Gasteiger partial charge in [0.25, 0.3) is 5.91 Å². The standard InChI is InChI=1S/C22H24N2O6S/c1-3-13-24(14-4-2)21(25)17-30-22(26)12-9-18-7-10-20(11-8-18)31(27,28)23-16-19-6-5-15-29-19/h3-12,15,23H,1-2,13-14,16-17H2/b12-9+. The lowest BCUT2D eigenvalue weighted by atomic mass is 10.2. The van der Waals surface area contributed by atoms with Crippen molar-refractivity contribution in [2.24, 2.45) is 0 Å². The lowest BCUT2D eigenvalue weighted by Crippen LogP contribution is -2.34. The first-order valence-electron chi connectivity index (χ1n) is 9.32. The molecule has 1 heterocycles. The second kappa shape index (κ2) is 11.7. The first kappa shape index (κ1) is 23.8. The smallest absolute Gasteiger partial charge is 0.331 e. The Balaban J connectivity index is 1.88. The molecule has 0 saturated carbocycles. The Morgan fingerprint density at radius 1 is 1.10 bits per heavy atom. The second-order valence-corrected chi connectivity index (χ2v) is 8.06. The molecular formula is C22H24N2O6S. The predicted molar refractivity (Wildman–Crippen MR) is 116 cm³/mol. The van der Waals surface area contributed by atoms with Crippen LogP contribution >= 0.6 is 0 Å². The maximum atomic E-state index is 12.3. The Kier molecular flexibility index (Phi) is 8.98. The molecule has 0 saturated heterocycles. The summed E-state index contributed by atoms with van der Waals surface area (Å²) in [5.74, 6) is -0.558. The molecule has 1 N–H and O–H groups in total. The van der Waals surface area contributed by atoms with E-state index >= 15 is 0 Å². The van der Waals surface area contributed by atoms with Crippen LogP contribution in [0.5, 0.6) is 0 Å². The number of hydrogen-bond donors (Lipinski definition) is 1. The van der Waals surface area contributed by atoms with Gasteiger partial charge < -0.3 is 14.1 Å². The van der Waals surface area contributed by atoms with Crippen molar-refractivity contribution in [3.05, 3.63) is 85.4 Å². The van der Waals surface area contributed by atoms with E-state index in [1.165, 1.54) is 29.4 Å². The molecule has 0 fully saturated rings. The monoisotopic (exact) mass is 444 g/mol. The van der Waals surface area contributed by atoms with Gasteiger partial charge in [0.1, 0.15) is 5.76 Å². The summed E-state index contributed by atoms with van der Waals surface area (Å²) in [5.41, 5.74) is 0.591. The van der Waals surface area contributed by atoms with E-state index in [2.05, 4.69) is 17.9 Å². The average Bonchev–Trinajstić information content (AvgIpc) is 3.28. The molecule has 0 aliphatic heterocycles. The maximum Gasteiger partial charge on any atom is 0.331 e. The quantitative estimate of drug-likeness (QED) is 0.306. The van der Waals surface area contributed by atoms with Gasteiger partial charge in [-0.25, -0.2) is 17.9 Å². The maximum absolute atomic E-state index is 12.3. The van der Waals surface area contributed by atoms with Gasteiger partial charge in [-0.05, 0) is 35.9 Å². The molecule has 0 spiro atoms. The zero-order valence-corrected chi connectivity index (χ0v) is 17.7. The van der Waals surface area contributed by atoms with Crippen LogP contribution in [0.15, 0.2) is 83.4 Å². The van der Waals surface area contributed by atoms with Crippen molar-refractivity contribution in [1.82, 2.24) is 9.62 Å². The predicted octanol–water partition coefficient (Wildman–Crippen LogP) is 2.52. The van der Waals surface area contributed by atoms with Gasteiger partial charge in [-0.2, -0.15) is 0 Å². The number of nitrogens with zero attached hydrogens (tertiary/aromatic N) is 1. The fourth-order valence-corrected chi connectivity index (χ4v) is 3.44. The van der Waals surface area contributed by atoms with Crippen LogP contribution < -0.4 is 4.72 Å². The molecule has 1 aromatic carbocycles. The van der Waals surface area contributed by atoms with Gasteiger partial charge >= 0.3 is 5.97 Å². The van der Waals surface area contributed by atoms with E-state index in [1.807, 2.05) is 0 Å². The average molecular weight is 445 g/mol. The van der Waals surface area contributed by atoms with E-state index in [-0.39, 0.29) is 17.3 Å². The highest BCUT2D eigenvalue weighted by Crippen LogP contribution is 2.12. The van der Waals surface area contributed by atoms with Gasteiger partial charge in [0, 0.05) is 19.2 Å². The Morgan fingerprint density at radius 3 is 2.35 bits per heavy atom. The van der Waals surface area contributed by atoms with Gasteiger partial charge in [-0.3, -0.25) is 4.79 Å². The van der Waals surface area contributed by atoms with E-state index in [4.69, 9.17) is 9.15 Å². The molecule has 8 nitrogen and oxygen atoms in total. The minimum Gasteiger partial charge on any atom is -0.468 e. The molecule has 2 aromatic rings. The van der Waals surface area contributed by atoms with Crippen LogP contribution in [0.2, 0.25) is 0 Å². The van der Waals surface area contributed by atoms with Crippen molar-refractivity contribution in [2.75, 3.05) is 19.7 Å². The first-order chi connectivity index (χ1) is 14.9. The van der Waals surface area contributed by atoms with Crippen molar-refractivity contribution in [3.63, 3.8) is 0 Å². The highest BCUT2D eigenvalue weighted by molar-refractivity contribution is 7.89. The number of carbonyl (C=O) groups is 2. The normalized spacial score (nSPS) is 11.2. The minimum absolute atomic E-state index is 0.0403. The molecule has 9 heteroatoms. The lowest BCUT2D eigenvalue weighted by Gasteiger charge is -2.18. The topological polar surface area (TPSA) is 106 Å². The molecule has 164 valence electrons.